The molecule has 0 spiro atoms. The van der Waals surface area contributed by atoms with Gasteiger partial charge in [-0.05, 0) is 0 Å². The normalized spacial score (nSPS) is 27.7. The molecule has 2 fully saturated rings. The van der Waals surface area contributed by atoms with Crippen LogP contribution < -0.4 is 16.8 Å². The number of imidazole rings is 1. The summed E-state index contributed by atoms with van der Waals surface area (Å²) in [5, 5.41) is 2.76. The third-order valence-electron chi connectivity index (χ3n) is 5.46. The van der Waals surface area contributed by atoms with Crippen molar-refractivity contribution in [1.82, 2.24) is 24.8 Å². The second kappa shape index (κ2) is 9.81. The molecule has 0 aromatic carbocycles. The van der Waals surface area contributed by atoms with Gasteiger partial charge in [0.2, 0.25) is 0 Å². The van der Waals surface area contributed by atoms with E-state index in [1.807, 2.05) is 0 Å². The van der Waals surface area contributed by atoms with Crippen molar-refractivity contribution in [1.29, 1.82) is 0 Å². The zero-order valence-electron chi connectivity index (χ0n) is 17.8. The number of fused-ring (bicyclic) bond motifs is 2. The van der Waals surface area contributed by atoms with Crippen molar-refractivity contribution < 1.29 is 28.2 Å². The van der Waals surface area contributed by atoms with Crippen molar-refractivity contribution in [2.45, 2.75) is 50.2 Å². The molecule has 4 rings (SSSR count). The molecule has 0 saturated carbocycles. The summed E-state index contributed by atoms with van der Waals surface area (Å²) >= 11 is 0. The maximum absolute atomic E-state index is 12.5. The first-order chi connectivity index (χ1) is 15.4. The second-order valence-corrected chi connectivity index (χ2v) is 10.3. The van der Waals surface area contributed by atoms with Crippen LogP contribution in [0.4, 0.5) is 10.6 Å². The van der Waals surface area contributed by atoms with E-state index < -0.39 is 38.5 Å². The van der Waals surface area contributed by atoms with Gasteiger partial charge in [-0.25, -0.2) is 0 Å². The number of rotatable bonds is 8. The number of nitrogen functional groups attached to an aromatic ring is 1. The van der Waals surface area contributed by atoms with E-state index in [0.29, 0.717) is 24.3 Å². The minimum absolute atomic E-state index is 0.118. The van der Waals surface area contributed by atoms with E-state index in [9.17, 15) is 9.69 Å². The van der Waals surface area contributed by atoms with Crippen LogP contribution in [0.2, 0.25) is 0 Å². The summed E-state index contributed by atoms with van der Waals surface area (Å²) in [4.78, 5) is 35.3. The third-order valence-corrected chi connectivity index (χ3v) is 6.87. The van der Waals surface area contributed by atoms with Gasteiger partial charge >= 0.3 is 180 Å². The maximum atomic E-state index is 12.5. The number of nitrogens with two attached hydrogens (primary N) is 2. The topological polar surface area (TPSA) is 182 Å². The number of carbonyl (C=O) groups excluding carboxylic acids is 1. The van der Waals surface area contributed by atoms with E-state index in [4.69, 9.17) is 30.0 Å². The van der Waals surface area contributed by atoms with Crippen LogP contribution in [0.15, 0.2) is 12.7 Å². The van der Waals surface area contributed by atoms with Gasteiger partial charge in [-0.3, -0.25) is 0 Å². The fourth-order valence-corrected chi connectivity index (χ4v) is 5.22. The Kier molecular flexibility index (Phi) is 7.08. The number of nitrogens with one attached hydrogen (secondary N) is 1. The van der Waals surface area contributed by atoms with E-state index >= 15 is 0 Å². The quantitative estimate of drug-likeness (QED) is 0.219. The Morgan fingerprint density at radius 2 is 2.16 bits per heavy atom. The average molecular weight is 469 g/mol. The van der Waals surface area contributed by atoms with Gasteiger partial charge in [-0.2, -0.15) is 0 Å². The number of hydrogen-bond acceptors (Lipinski definition) is 11. The number of nitrogens with zero attached hydrogens (tertiary/aromatic N) is 4. The Hall–Kier alpha value is -2.09. The van der Waals surface area contributed by atoms with Gasteiger partial charge < -0.3 is 5.73 Å². The number of ether oxygens (including phenoxy) is 2. The van der Waals surface area contributed by atoms with Crippen molar-refractivity contribution >= 4 is 38.5 Å². The van der Waals surface area contributed by atoms with Gasteiger partial charge in [-0.15, -0.1) is 0 Å². The molecule has 13 nitrogen and oxygen atoms in total. The van der Waals surface area contributed by atoms with Gasteiger partial charge in [0.25, 0.3) is 0 Å². The average Bonchev–Trinajstić information content (AvgIpc) is 3.32. The standard InChI is InChI=1S/C17H29BN7O6P/c18-32(27)28-7-10-12(31-32)13(30-17(26)21-6-4-2-1-3-5-19)16(29-10)25-9-24-11-14(20)22-8-23-15(11)25/h8-10,12-13,16,27,32H,1-7,18-19H2,(H,21,26)(H2,20,22,23)/t10-,12+,13+,16-/m1/s1. The number of aromatic nitrogens is 4. The molecular weight excluding hydrogens is 440 g/mol. The monoisotopic (exact) mass is 469 g/mol. The van der Waals surface area contributed by atoms with Crippen LogP contribution in [-0.4, -0.2) is 76.1 Å². The Morgan fingerprint density at radius 1 is 1.34 bits per heavy atom. The first-order valence-corrected chi connectivity index (χ1v) is 12.9. The van der Waals surface area contributed by atoms with Gasteiger partial charge in [0.1, 0.15) is 0 Å². The fourth-order valence-electron chi connectivity index (χ4n) is 3.89. The molecule has 4 atom stereocenters. The molecule has 0 bridgehead atoms. The first-order valence-electron chi connectivity index (χ1n) is 10.7. The van der Waals surface area contributed by atoms with Gasteiger partial charge in [0, 0.05) is 0 Å². The SMILES string of the molecule is B[PH]1(O)OC[C@H]2O[C@@H](n3cnc4c(N)ncnc43)[C@@H](OC(=O)NCCCCCCN)[C@H]2O1. The predicted octanol–water partition coefficient (Wildman–Crippen LogP) is -0.629. The fraction of sp³-hybridized carbons (Fsp3) is 0.647. The van der Waals surface area contributed by atoms with Crippen molar-refractivity contribution in [3.05, 3.63) is 12.7 Å². The number of alkyl carbamates (subject to hydrolysis) is 1. The predicted molar refractivity (Wildman–Crippen MR) is 119 cm³/mol. The first kappa shape index (κ1) is 23.1. The molecular formula is C17H29BN7O6P. The Balaban J connectivity index is 1.50. The van der Waals surface area contributed by atoms with Crippen molar-refractivity contribution in [3.8, 4) is 0 Å². The molecule has 1 amide bonds. The van der Waals surface area contributed by atoms with E-state index in [2.05, 4.69) is 20.3 Å². The summed E-state index contributed by atoms with van der Waals surface area (Å²) in [6.07, 6.45) is 3.07. The van der Waals surface area contributed by atoms with Crippen LogP contribution in [0.3, 0.4) is 0 Å². The zero-order valence-corrected chi connectivity index (χ0v) is 18.8. The van der Waals surface area contributed by atoms with Crippen LogP contribution in [0.25, 0.3) is 11.2 Å². The van der Waals surface area contributed by atoms with E-state index in [1.165, 1.54) is 20.2 Å². The molecule has 2 aliphatic heterocycles. The van der Waals surface area contributed by atoms with Crippen LogP contribution >= 0.6 is 7.82 Å². The van der Waals surface area contributed by atoms with Gasteiger partial charge in [-0.1, -0.05) is 0 Å². The van der Waals surface area contributed by atoms with E-state index in [0.717, 1.165) is 25.7 Å². The minimum atomic E-state index is -3.36. The van der Waals surface area contributed by atoms with Gasteiger partial charge in [0.05, 0.1) is 0 Å². The molecule has 4 heterocycles. The molecule has 2 aromatic rings. The molecule has 32 heavy (non-hydrogen) atoms. The summed E-state index contributed by atoms with van der Waals surface area (Å²) in [6.45, 7) is 1.26. The summed E-state index contributed by atoms with van der Waals surface area (Å²) in [5.74, 6) is 0.226. The number of unbranched alkanes of at least 4 members (excludes halogenated alkanes) is 3. The molecule has 2 aliphatic rings. The summed E-state index contributed by atoms with van der Waals surface area (Å²) in [6, 6.07) is 0. The number of anilines is 1. The van der Waals surface area contributed by atoms with E-state index in [-0.39, 0.29) is 12.4 Å². The zero-order chi connectivity index (χ0) is 22.7. The molecule has 2 aromatic heterocycles. The Morgan fingerprint density at radius 3 is 2.97 bits per heavy atom. The van der Waals surface area contributed by atoms with Crippen LogP contribution in [-0.2, 0) is 18.5 Å². The molecule has 2 saturated heterocycles. The van der Waals surface area contributed by atoms with Crippen LogP contribution in [0.1, 0.15) is 31.9 Å². The second-order valence-electron chi connectivity index (χ2n) is 7.94. The van der Waals surface area contributed by atoms with Crippen molar-refractivity contribution in [3.63, 3.8) is 0 Å². The van der Waals surface area contributed by atoms with Crippen LogP contribution in [0.5, 0.6) is 0 Å². The summed E-state index contributed by atoms with van der Waals surface area (Å²) in [5.41, 5.74) is 12.2. The number of hydrogen-bond donors (Lipinski definition) is 4. The van der Waals surface area contributed by atoms with Crippen molar-refractivity contribution in [2.24, 2.45) is 5.73 Å². The third kappa shape index (κ3) is 4.95. The molecule has 0 radical (unpaired) electrons. The molecule has 15 heteroatoms. The summed E-state index contributed by atoms with van der Waals surface area (Å²) in [7, 11) is -1.85. The number of carbonyl (C=O) groups is 1. The van der Waals surface area contributed by atoms with Crippen molar-refractivity contribution in [2.75, 3.05) is 25.4 Å². The summed E-state index contributed by atoms with van der Waals surface area (Å²) < 4.78 is 24.7. The molecule has 176 valence electrons. The number of amides is 1. The molecule has 0 aliphatic carbocycles. The van der Waals surface area contributed by atoms with E-state index in [1.54, 1.807) is 4.57 Å². The van der Waals surface area contributed by atoms with Crippen LogP contribution in [0, 0.1) is 0 Å². The molecule has 6 N–H and O–H groups in total. The Bertz CT molecular complexity index is 949. The van der Waals surface area contributed by atoms with Gasteiger partial charge in [0.15, 0.2) is 0 Å². The molecule has 0 unspecified atom stereocenters. The Labute approximate surface area is 186 Å².